The van der Waals surface area contributed by atoms with E-state index in [4.69, 9.17) is 4.52 Å². The van der Waals surface area contributed by atoms with Gasteiger partial charge in [-0.3, -0.25) is 9.59 Å². The van der Waals surface area contributed by atoms with Crippen LogP contribution in [0, 0.1) is 25.7 Å². The molecule has 7 heteroatoms. The summed E-state index contributed by atoms with van der Waals surface area (Å²) in [5.74, 6) is 1.99. The number of likely N-dealkylation sites (tertiary alicyclic amines) is 1. The number of hydrogen-bond acceptors (Lipinski definition) is 6. The fourth-order valence-corrected chi connectivity index (χ4v) is 3.73. The van der Waals surface area contributed by atoms with Crippen molar-refractivity contribution in [1.82, 2.24) is 15.0 Å². The van der Waals surface area contributed by atoms with E-state index in [0.717, 1.165) is 29.9 Å². The van der Waals surface area contributed by atoms with E-state index in [1.165, 1.54) is 0 Å². The summed E-state index contributed by atoms with van der Waals surface area (Å²) in [5, 5.41) is 7.18. The Morgan fingerprint density at radius 2 is 2.10 bits per heavy atom. The molecule has 1 fully saturated rings. The quantitative estimate of drug-likeness (QED) is 0.764. The molecule has 0 saturated carbocycles. The summed E-state index contributed by atoms with van der Waals surface area (Å²) in [6.07, 6.45) is 3.92. The first-order chi connectivity index (χ1) is 13.8. The van der Waals surface area contributed by atoms with Crippen molar-refractivity contribution in [1.29, 1.82) is 0 Å². The van der Waals surface area contributed by atoms with Gasteiger partial charge in [-0.25, -0.2) is 4.98 Å². The average molecular weight is 399 g/mol. The molecule has 0 aromatic carbocycles. The minimum absolute atomic E-state index is 0.0425. The van der Waals surface area contributed by atoms with E-state index in [-0.39, 0.29) is 17.6 Å². The Balaban J connectivity index is 1.59. The molecule has 1 N–H and O–H groups in total. The first kappa shape index (κ1) is 21.0. The molecule has 1 saturated heterocycles. The van der Waals surface area contributed by atoms with Gasteiger partial charge in [-0.15, -0.1) is 0 Å². The standard InChI is InChI=1S/C22H30N4O3/c1-14(2)10-20(27)18-6-5-9-26(13-18)22(28)17-7-8-21(23-11-17)24-12-19-15(3)25-29-16(19)4/h7-8,11,14,18H,5-6,9-10,12-13H2,1-4H3,(H,23,24). The zero-order chi connectivity index (χ0) is 21.0. The van der Waals surface area contributed by atoms with Crippen LogP contribution in [0.2, 0.25) is 0 Å². The van der Waals surface area contributed by atoms with Crippen LogP contribution in [-0.2, 0) is 11.3 Å². The van der Waals surface area contributed by atoms with Gasteiger partial charge in [0.2, 0.25) is 0 Å². The van der Waals surface area contributed by atoms with Gasteiger partial charge in [-0.1, -0.05) is 19.0 Å². The lowest BCUT2D eigenvalue weighted by Gasteiger charge is -2.32. The Morgan fingerprint density at radius 3 is 2.72 bits per heavy atom. The van der Waals surface area contributed by atoms with E-state index < -0.39 is 0 Å². The van der Waals surface area contributed by atoms with Crippen molar-refractivity contribution in [2.45, 2.75) is 53.5 Å². The Morgan fingerprint density at radius 1 is 1.31 bits per heavy atom. The lowest BCUT2D eigenvalue weighted by atomic mass is 9.89. The van der Waals surface area contributed by atoms with Crippen LogP contribution >= 0.6 is 0 Å². The maximum absolute atomic E-state index is 12.9. The van der Waals surface area contributed by atoms with Crippen LogP contribution in [0.5, 0.6) is 0 Å². The number of aromatic nitrogens is 2. The summed E-state index contributed by atoms with van der Waals surface area (Å²) in [6.45, 7) is 9.65. The number of anilines is 1. The van der Waals surface area contributed by atoms with E-state index in [1.54, 1.807) is 23.2 Å². The van der Waals surface area contributed by atoms with Gasteiger partial charge in [0, 0.05) is 43.7 Å². The second kappa shape index (κ2) is 9.20. The summed E-state index contributed by atoms with van der Waals surface area (Å²) < 4.78 is 5.16. The third kappa shape index (κ3) is 5.22. The van der Waals surface area contributed by atoms with Gasteiger partial charge in [0.1, 0.15) is 17.4 Å². The van der Waals surface area contributed by atoms with Gasteiger partial charge >= 0.3 is 0 Å². The molecule has 1 atom stereocenters. The number of piperidine rings is 1. The molecule has 29 heavy (non-hydrogen) atoms. The van der Waals surface area contributed by atoms with Crippen molar-refractivity contribution in [3.63, 3.8) is 0 Å². The number of ketones is 1. The van der Waals surface area contributed by atoms with E-state index in [0.29, 0.717) is 43.4 Å². The molecular weight excluding hydrogens is 368 g/mol. The number of nitrogens with one attached hydrogen (secondary N) is 1. The van der Waals surface area contributed by atoms with Crippen LogP contribution in [0.25, 0.3) is 0 Å². The van der Waals surface area contributed by atoms with Crippen molar-refractivity contribution in [2.75, 3.05) is 18.4 Å². The van der Waals surface area contributed by atoms with Gasteiger partial charge in [0.15, 0.2) is 0 Å². The van der Waals surface area contributed by atoms with Gasteiger partial charge in [0.25, 0.3) is 5.91 Å². The molecule has 2 aromatic rings. The summed E-state index contributed by atoms with van der Waals surface area (Å²) in [4.78, 5) is 31.4. The second-order valence-corrected chi connectivity index (χ2v) is 8.24. The minimum atomic E-state index is -0.0585. The SMILES string of the molecule is Cc1noc(C)c1CNc1ccc(C(=O)N2CCCC(C(=O)CC(C)C)C2)cn1. The fraction of sp³-hybridized carbons (Fsp3) is 0.545. The van der Waals surface area contributed by atoms with Crippen molar-refractivity contribution >= 4 is 17.5 Å². The third-order valence-corrected chi connectivity index (χ3v) is 5.41. The van der Waals surface area contributed by atoms with Gasteiger partial charge in [0.05, 0.1) is 11.3 Å². The maximum atomic E-state index is 12.9. The van der Waals surface area contributed by atoms with Crippen molar-refractivity contribution in [2.24, 2.45) is 11.8 Å². The normalized spacial score (nSPS) is 16.9. The topological polar surface area (TPSA) is 88.3 Å². The highest BCUT2D eigenvalue weighted by atomic mass is 16.5. The largest absolute Gasteiger partial charge is 0.366 e. The van der Waals surface area contributed by atoms with Gasteiger partial charge in [-0.05, 0) is 44.7 Å². The molecule has 0 radical (unpaired) electrons. The fourth-order valence-electron chi connectivity index (χ4n) is 3.73. The summed E-state index contributed by atoms with van der Waals surface area (Å²) in [6, 6.07) is 3.58. The molecule has 1 aliphatic heterocycles. The second-order valence-electron chi connectivity index (χ2n) is 8.24. The summed E-state index contributed by atoms with van der Waals surface area (Å²) in [5.41, 5.74) is 2.41. The molecule has 156 valence electrons. The molecule has 0 aliphatic carbocycles. The number of nitrogens with zero attached hydrogens (tertiary/aromatic N) is 3. The van der Waals surface area contributed by atoms with Crippen LogP contribution in [0.15, 0.2) is 22.9 Å². The van der Waals surface area contributed by atoms with Crippen LogP contribution in [-0.4, -0.2) is 39.8 Å². The summed E-state index contributed by atoms with van der Waals surface area (Å²) in [7, 11) is 0. The minimum Gasteiger partial charge on any atom is -0.366 e. The smallest absolute Gasteiger partial charge is 0.255 e. The van der Waals surface area contributed by atoms with Crippen molar-refractivity contribution in [3.8, 4) is 0 Å². The van der Waals surface area contributed by atoms with Crippen LogP contribution in [0.4, 0.5) is 5.82 Å². The number of pyridine rings is 1. The Labute approximate surface area is 171 Å². The molecule has 0 spiro atoms. The molecule has 1 amide bonds. The van der Waals surface area contributed by atoms with E-state index in [1.807, 2.05) is 13.8 Å². The first-order valence-corrected chi connectivity index (χ1v) is 10.3. The molecule has 7 nitrogen and oxygen atoms in total. The van der Waals surface area contributed by atoms with Crippen LogP contribution in [0.1, 0.15) is 60.5 Å². The van der Waals surface area contributed by atoms with E-state index >= 15 is 0 Å². The zero-order valence-electron chi connectivity index (χ0n) is 17.7. The van der Waals surface area contributed by atoms with Crippen LogP contribution in [0.3, 0.4) is 0 Å². The first-order valence-electron chi connectivity index (χ1n) is 10.3. The number of rotatable bonds is 7. The number of carbonyl (C=O) groups excluding carboxylic acids is 2. The molecular formula is C22H30N4O3. The number of amides is 1. The van der Waals surface area contributed by atoms with E-state index in [9.17, 15) is 9.59 Å². The van der Waals surface area contributed by atoms with Crippen molar-refractivity contribution in [3.05, 3.63) is 40.9 Å². The number of carbonyl (C=O) groups is 2. The third-order valence-electron chi connectivity index (χ3n) is 5.41. The predicted molar refractivity (Wildman–Crippen MR) is 111 cm³/mol. The maximum Gasteiger partial charge on any atom is 0.255 e. The molecule has 3 rings (SSSR count). The molecule has 2 aromatic heterocycles. The van der Waals surface area contributed by atoms with Gasteiger partial charge in [-0.2, -0.15) is 0 Å². The lowest BCUT2D eigenvalue weighted by molar-refractivity contribution is -0.124. The Kier molecular flexibility index (Phi) is 6.67. The van der Waals surface area contributed by atoms with Gasteiger partial charge < -0.3 is 14.7 Å². The highest BCUT2D eigenvalue weighted by Crippen LogP contribution is 2.22. The molecule has 1 aliphatic rings. The predicted octanol–water partition coefficient (Wildman–Crippen LogP) is 3.77. The monoisotopic (exact) mass is 398 g/mol. The average Bonchev–Trinajstić information content (AvgIpc) is 3.03. The molecule has 0 bridgehead atoms. The summed E-state index contributed by atoms with van der Waals surface area (Å²) >= 11 is 0. The lowest BCUT2D eigenvalue weighted by Crippen LogP contribution is -2.42. The number of hydrogen-bond donors (Lipinski definition) is 1. The zero-order valence-corrected chi connectivity index (χ0v) is 17.7. The Bertz CT molecular complexity index is 838. The van der Waals surface area contributed by atoms with E-state index in [2.05, 4.69) is 29.3 Å². The van der Waals surface area contributed by atoms with Crippen LogP contribution < -0.4 is 5.32 Å². The molecule has 1 unspecified atom stereocenters. The number of Topliss-reactive ketones (excluding diaryl/α,β-unsaturated/α-hetero) is 1. The molecule has 3 heterocycles. The highest BCUT2D eigenvalue weighted by molar-refractivity contribution is 5.94. The highest BCUT2D eigenvalue weighted by Gasteiger charge is 2.29. The van der Waals surface area contributed by atoms with Crippen molar-refractivity contribution < 1.29 is 14.1 Å². The Hall–Kier alpha value is -2.70. The number of aryl methyl sites for hydroxylation is 2.